The molecular weight excluding hydrogens is 310 g/mol. The van der Waals surface area contributed by atoms with Crippen molar-refractivity contribution in [2.75, 3.05) is 12.8 Å². The summed E-state index contributed by atoms with van der Waals surface area (Å²) >= 11 is 3.41. The lowest BCUT2D eigenvalue weighted by Gasteiger charge is -2.08. The lowest BCUT2D eigenvalue weighted by Crippen LogP contribution is -2.04. The van der Waals surface area contributed by atoms with Crippen LogP contribution in [0.3, 0.4) is 0 Å². The Bertz CT molecular complexity index is 563. The van der Waals surface area contributed by atoms with Gasteiger partial charge in [0.2, 0.25) is 5.88 Å². The van der Waals surface area contributed by atoms with Crippen molar-refractivity contribution in [3.8, 4) is 5.88 Å². The van der Waals surface area contributed by atoms with Crippen LogP contribution in [0.15, 0.2) is 34.8 Å². The van der Waals surface area contributed by atoms with Crippen LogP contribution in [-0.2, 0) is 18.0 Å². The number of ether oxygens (including phenoxy) is 2. The molecule has 0 atom stereocenters. The largest absolute Gasteiger partial charge is 0.473 e. The third-order valence-corrected chi connectivity index (χ3v) is 2.81. The summed E-state index contributed by atoms with van der Waals surface area (Å²) in [5, 5.41) is 0. The van der Waals surface area contributed by atoms with E-state index in [0.717, 1.165) is 10.0 Å². The number of rotatable bonds is 5. The minimum Gasteiger partial charge on any atom is -0.473 e. The first-order chi connectivity index (χ1) is 9.17. The molecule has 0 aliphatic rings. The van der Waals surface area contributed by atoms with Gasteiger partial charge in [-0.1, -0.05) is 28.1 Å². The molecule has 0 saturated heterocycles. The summed E-state index contributed by atoms with van der Waals surface area (Å²) in [6.07, 6.45) is 0. The van der Waals surface area contributed by atoms with Gasteiger partial charge in [0, 0.05) is 17.6 Å². The Morgan fingerprint density at radius 3 is 2.79 bits per heavy atom. The Hall–Kier alpha value is -1.66. The molecule has 0 fully saturated rings. The molecule has 0 bridgehead atoms. The van der Waals surface area contributed by atoms with Gasteiger partial charge in [-0.05, 0) is 17.7 Å². The molecule has 0 spiro atoms. The molecule has 0 radical (unpaired) electrons. The van der Waals surface area contributed by atoms with Crippen molar-refractivity contribution in [3.05, 3.63) is 46.2 Å². The fourth-order valence-electron chi connectivity index (χ4n) is 1.54. The average Bonchev–Trinajstić information content (AvgIpc) is 2.36. The van der Waals surface area contributed by atoms with Crippen molar-refractivity contribution in [3.63, 3.8) is 0 Å². The summed E-state index contributed by atoms with van der Waals surface area (Å²) in [6, 6.07) is 9.47. The standard InChI is InChI=1S/C13H14BrN3O2/c1-18-8-12-16-11(15)6-13(17-12)19-7-9-3-2-4-10(14)5-9/h2-6H,7-8H2,1H3,(H2,15,16,17). The fourth-order valence-corrected chi connectivity index (χ4v) is 1.99. The molecular formula is C13H14BrN3O2. The number of nitrogen functional groups attached to an aromatic ring is 1. The minimum atomic E-state index is 0.304. The third kappa shape index (κ3) is 4.18. The maximum Gasteiger partial charge on any atom is 0.219 e. The summed E-state index contributed by atoms with van der Waals surface area (Å²) in [4.78, 5) is 8.26. The van der Waals surface area contributed by atoms with Gasteiger partial charge in [0.25, 0.3) is 0 Å². The molecule has 2 aromatic rings. The predicted molar refractivity (Wildman–Crippen MR) is 75.6 cm³/mol. The molecule has 0 amide bonds. The number of hydrogen-bond donors (Lipinski definition) is 1. The first-order valence-corrected chi connectivity index (χ1v) is 6.46. The van der Waals surface area contributed by atoms with Crippen molar-refractivity contribution in [2.24, 2.45) is 0 Å². The van der Waals surface area contributed by atoms with Crippen LogP contribution in [0.25, 0.3) is 0 Å². The van der Waals surface area contributed by atoms with Gasteiger partial charge in [-0.25, -0.2) is 4.98 Å². The van der Waals surface area contributed by atoms with E-state index in [0.29, 0.717) is 30.7 Å². The Morgan fingerprint density at radius 1 is 1.21 bits per heavy atom. The number of nitrogens with zero attached hydrogens (tertiary/aromatic N) is 2. The van der Waals surface area contributed by atoms with E-state index in [4.69, 9.17) is 15.2 Å². The average molecular weight is 324 g/mol. The van der Waals surface area contributed by atoms with Crippen LogP contribution in [0.5, 0.6) is 5.88 Å². The molecule has 19 heavy (non-hydrogen) atoms. The highest BCUT2D eigenvalue weighted by Gasteiger charge is 2.04. The van der Waals surface area contributed by atoms with Gasteiger partial charge in [0.05, 0.1) is 0 Å². The Balaban J connectivity index is 2.06. The van der Waals surface area contributed by atoms with Gasteiger partial charge >= 0.3 is 0 Å². The fraction of sp³-hybridized carbons (Fsp3) is 0.231. The molecule has 100 valence electrons. The van der Waals surface area contributed by atoms with Crippen molar-refractivity contribution >= 4 is 21.7 Å². The summed E-state index contributed by atoms with van der Waals surface area (Å²) in [5.41, 5.74) is 6.73. The van der Waals surface area contributed by atoms with Crippen LogP contribution < -0.4 is 10.5 Å². The second kappa shape index (κ2) is 6.49. The lowest BCUT2D eigenvalue weighted by atomic mass is 10.2. The van der Waals surface area contributed by atoms with Gasteiger partial charge in [-0.15, -0.1) is 0 Å². The van der Waals surface area contributed by atoms with Gasteiger partial charge < -0.3 is 15.2 Å². The topological polar surface area (TPSA) is 70.3 Å². The molecule has 0 unspecified atom stereocenters. The van der Waals surface area contributed by atoms with E-state index in [9.17, 15) is 0 Å². The highest BCUT2D eigenvalue weighted by Crippen LogP contribution is 2.16. The van der Waals surface area contributed by atoms with E-state index in [2.05, 4.69) is 25.9 Å². The van der Waals surface area contributed by atoms with E-state index >= 15 is 0 Å². The Labute approximate surface area is 119 Å². The van der Waals surface area contributed by atoms with Crippen molar-refractivity contribution < 1.29 is 9.47 Å². The Kier molecular flexibility index (Phi) is 4.70. The quantitative estimate of drug-likeness (QED) is 0.915. The maximum atomic E-state index is 5.69. The van der Waals surface area contributed by atoms with Crippen LogP contribution in [0, 0.1) is 0 Å². The highest BCUT2D eigenvalue weighted by molar-refractivity contribution is 9.10. The van der Waals surface area contributed by atoms with Crippen LogP contribution >= 0.6 is 15.9 Å². The lowest BCUT2D eigenvalue weighted by molar-refractivity contribution is 0.176. The van der Waals surface area contributed by atoms with Crippen molar-refractivity contribution in [2.45, 2.75) is 13.2 Å². The number of hydrogen-bond acceptors (Lipinski definition) is 5. The van der Waals surface area contributed by atoms with E-state index in [1.54, 1.807) is 13.2 Å². The van der Waals surface area contributed by atoms with Gasteiger partial charge in [-0.2, -0.15) is 4.98 Å². The highest BCUT2D eigenvalue weighted by atomic mass is 79.9. The predicted octanol–water partition coefficient (Wildman–Crippen LogP) is 2.55. The zero-order valence-electron chi connectivity index (χ0n) is 10.5. The van der Waals surface area contributed by atoms with Crippen LogP contribution in [0.2, 0.25) is 0 Å². The van der Waals surface area contributed by atoms with E-state index in [1.807, 2.05) is 24.3 Å². The number of anilines is 1. The molecule has 0 aliphatic carbocycles. The number of aromatic nitrogens is 2. The number of nitrogens with two attached hydrogens (primary N) is 1. The van der Waals surface area contributed by atoms with Crippen LogP contribution in [0.1, 0.15) is 11.4 Å². The van der Waals surface area contributed by atoms with Crippen LogP contribution in [0.4, 0.5) is 5.82 Å². The summed E-state index contributed by atoms with van der Waals surface area (Å²) in [7, 11) is 1.58. The van der Waals surface area contributed by atoms with E-state index in [-0.39, 0.29) is 0 Å². The van der Waals surface area contributed by atoms with Crippen molar-refractivity contribution in [1.82, 2.24) is 9.97 Å². The minimum absolute atomic E-state index is 0.304. The zero-order chi connectivity index (χ0) is 13.7. The molecule has 2 rings (SSSR count). The van der Waals surface area contributed by atoms with Gasteiger partial charge in [0.15, 0.2) is 5.82 Å². The molecule has 0 aliphatic heterocycles. The monoisotopic (exact) mass is 323 g/mol. The second-order valence-electron chi connectivity index (χ2n) is 3.90. The number of benzene rings is 1. The van der Waals surface area contributed by atoms with Gasteiger partial charge in [0.1, 0.15) is 19.0 Å². The molecule has 1 aromatic carbocycles. The van der Waals surface area contributed by atoms with E-state index < -0.39 is 0 Å². The second-order valence-corrected chi connectivity index (χ2v) is 4.81. The maximum absolute atomic E-state index is 5.69. The SMILES string of the molecule is COCc1nc(N)cc(OCc2cccc(Br)c2)n1. The summed E-state index contributed by atoms with van der Waals surface area (Å²) in [6.45, 7) is 0.723. The molecule has 6 heteroatoms. The number of methoxy groups -OCH3 is 1. The molecule has 2 N–H and O–H groups in total. The molecule has 1 heterocycles. The smallest absolute Gasteiger partial charge is 0.219 e. The molecule has 0 saturated carbocycles. The normalized spacial score (nSPS) is 10.4. The summed E-state index contributed by atoms with van der Waals surface area (Å²) in [5.74, 6) is 1.32. The third-order valence-electron chi connectivity index (χ3n) is 2.32. The number of halogens is 1. The molecule has 5 nitrogen and oxygen atoms in total. The van der Waals surface area contributed by atoms with Crippen LogP contribution in [-0.4, -0.2) is 17.1 Å². The zero-order valence-corrected chi connectivity index (χ0v) is 12.1. The van der Waals surface area contributed by atoms with Crippen molar-refractivity contribution in [1.29, 1.82) is 0 Å². The summed E-state index contributed by atoms with van der Waals surface area (Å²) < 4.78 is 11.6. The Morgan fingerprint density at radius 2 is 2.05 bits per heavy atom. The van der Waals surface area contributed by atoms with Gasteiger partial charge in [-0.3, -0.25) is 0 Å². The van der Waals surface area contributed by atoms with E-state index in [1.165, 1.54) is 0 Å². The molecule has 1 aromatic heterocycles. The first-order valence-electron chi connectivity index (χ1n) is 5.67. The first kappa shape index (κ1) is 13.8.